The van der Waals surface area contributed by atoms with Crippen molar-refractivity contribution < 1.29 is 56.2 Å². The summed E-state index contributed by atoms with van der Waals surface area (Å²) in [4.78, 5) is 12.9. The lowest BCUT2D eigenvalue weighted by atomic mass is 9.99. The normalized spacial score (nSPS) is 20.2. The topological polar surface area (TPSA) is 178 Å². The van der Waals surface area contributed by atoms with Gasteiger partial charge in [-0.05, 0) is 83.5 Å². The molecule has 6 unspecified atom stereocenters. The second kappa shape index (κ2) is 43.6. The molecule has 1 aliphatic rings. The van der Waals surface area contributed by atoms with Crippen LogP contribution in [-0.4, -0.2) is 97.5 Å². The fraction of sp³-hybridized carbons (Fsp3) is 0.717. The first-order valence-corrected chi connectivity index (χ1v) is 26.7. The number of carbonyl (C=O) groups excluding carboxylic acids is 1. The number of unbranched alkanes of at least 4 members (excludes halogenated alkanes) is 16. The highest BCUT2D eigenvalue weighted by Crippen LogP contribution is 2.26. The van der Waals surface area contributed by atoms with Crippen molar-refractivity contribution in [2.24, 2.45) is 0 Å². The molecule has 1 rings (SSSR count). The van der Waals surface area contributed by atoms with E-state index in [1.165, 1.54) is 77.0 Å². The summed E-state index contributed by atoms with van der Waals surface area (Å²) in [6.07, 6.45) is 49.2. The Morgan fingerprint density at radius 1 is 0.591 bits per heavy atom. The lowest BCUT2D eigenvalue weighted by molar-refractivity contribution is -0.301. The standard InChI is InChI=1S/C53H90O12S/c1-3-5-7-9-11-13-15-17-19-20-21-22-23-24-25-26-27-28-29-30-32-34-36-38-40-42-49(55)63-47(45-61-43-41-39-37-35-33-31-18-16-14-12-10-8-6-4-2)46-62-53-51(57)52(65-66(58,59)60)50(56)48(44-54)64-53/h6,8,12,14-15,17-18,20-21,23-24,31,35,37,47-48,50-54,56-57H,3-5,7,9-11,13,16,19,22,25-30,32-34,36,38-46H2,1-2H3,(H,58,59,60)/b8-6-,14-12-,17-15-,21-20-,24-23-,31-18-,37-35-. The molecule has 1 saturated heterocycles. The number of hydrogen-bond donors (Lipinski definition) is 4. The van der Waals surface area contributed by atoms with Crippen molar-refractivity contribution in [3.8, 4) is 0 Å². The number of aliphatic hydroxyl groups is 3. The van der Waals surface area contributed by atoms with Crippen LogP contribution in [0.2, 0.25) is 0 Å². The number of carbonyl (C=O) groups is 1. The summed E-state index contributed by atoms with van der Waals surface area (Å²) < 4.78 is 59.1. The maximum absolute atomic E-state index is 12.9. The van der Waals surface area contributed by atoms with E-state index in [9.17, 15) is 33.1 Å². The van der Waals surface area contributed by atoms with Gasteiger partial charge in [0.25, 0.3) is 0 Å². The molecule has 0 aromatic carbocycles. The van der Waals surface area contributed by atoms with E-state index >= 15 is 0 Å². The van der Waals surface area contributed by atoms with Gasteiger partial charge < -0.3 is 34.3 Å². The van der Waals surface area contributed by atoms with E-state index in [1.54, 1.807) is 0 Å². The predicted octanol–water partition coefficient (Wildman–Crippen LogP) is 11.6. The van der Waals surface area contributed by atoms with Crippen molar-refractivity contribution in [3.63, 3.8) is 0 Å². The largest absolute Gasteiger partial charge is 0.457 e. The van der Waals surface area contributed by atoms with Gasteiger partial charge in [0.1, 0.15) is 30.5 Å². The van der Waals surface area contributed by atoms with E-state index in [-0.39, 0.29) is 19.6 Å². The van der Waals surface area contributed by atoms with E-state index in [2.05, 4.69) is 103 Å². The summed E-state index contributed by atoms with van der Waals surface area (Å²) in [6.45, 7) is 3.70. The maximum atomic E-state index is 12.9. The van der Waals surface area contributed by atoms with Crippen molar-refractivity contribution in [3.05, 3.63) is 85.1 Å². The Bertz CT molecular complexity index is 1470. The molecule has 0 aliphatic carbocycles. The van der Waals surface area contributed by atoms with Gasteiger partial charge in [-0.2, -0.15) is 8.42 Å². The average Bonchev–Trinajstić information content (AvgIpc) is 3.29. The molecule has 6 atom stereocenters. The minimum absolute atomic E-state index is 0.00823. The summed E-state index contributed by atoms with van der Waals surface area (Å²) in [5.74, 6) is -0.425. The summed E-state index contributed by atoms with van der Waals surface area (Å²) in [6, 6.07) is 0. The highest BCUT2D eigenvalue weighted by atomic mass is 32.3. The highest BCUT2D eigenvalue weighted by Gasteiger charge is 2.48. The van der Waals surface area contributed by atoms with E-state index in [0.29, 0.717) is 13.0 Å². The van der Waals surface area contributed by atoms with Crippen LogP contribution in [0.1, 0.15) is 181 Å². The lowest BCUT2D eigenvalue weighted by Gasteiger charge is -2.41. The Balaban J connectivity index is 2.36. The van der Waals surface area contributed by atoms with Gasteiger partial charge in [0.15, 0.2) is 6.29 Å². The summed E-state index contributed by atoms with van der Waals surface area (Å²) >= 11 is 0. The summed E-state index contributed by atoms with van der Waals surface area (Å²) in [5, 5.41) is 30.7. The first-order chi connectivity index (χ1) is 32.1. The van der Waals surface area contributed by atoms with Crippen molar-refractivity contribution in [2.45, 2.75) is 218 Å². The molecule has 0 aromatic rings. The quantitative estimate of drug-likeness (QED) is 0.0197. The molecule has 4 N–H and O–H groups in total. The third-order valence-electron chi connectivity index (χ3n) is 11.0. The Hall–Kier alpha value is -2.72. The zero-order valence-electron chi connectivity index (χ0n) is 40.7. The lowest BCUT2D eigenvalue weighted by Crippen LogP contribution is -2.60. The molecule has 0 aromatic heterocycles. The molecule has 380 valence electrons. The van der Waals surface area contributed by atoms with E-state index in [1.807, 2.05) is 0 Å². The van der Waals surface area contributed by atoms with Gasteiger partial charge in [0.05, 0.1) is 19.8 Å². The van der Waals surface area contributed by atoms with Crippen LogP contribution >= 0.6 is 0 Å². The SMILES string of the molecule is CC/C=C\C/C=C\C/C=C\C/C=C\CCCOCC(COC1OC(CO)C(O)C(OS(=O)(=O)O)C1O)OC(=O)CCCCCCCCCCCC/C=C\C/C=C\C/C=C\CCCCCCC. The first kappa shape index (κ1) is 61.3. The van der Waals surface area contributed by atoms with Crippen LogP contribution in [0.25, 0.3) is 0 Å². The molecule has 12 nitrogen and oxygen atoms in total. The van der Waals surface area contributed by atoms with Crippen molar-refractivity contribution in [2.75, 3.05) is 26.4 Å². The molecule has 1 fully saturated rings. The van der Waals surface area contributed by atoms with Crippen molar-refractivity contribution >= 4 is 16.4 Å². The summed E-state index contributed by atoms with van der Waals surface area (Å²) in [7, 11) is -5.08. The zero-order chi connectivity index (χ0) is 48.2. The molecule has 13 heteroatoms. The van der Waals surface area contributed by atoms with Crippen molar-refractivity contribution in [1.29, 1.82) is 0 Å². The van der Waals surface area contributed by atoms with Gasteiger partial charge in [-0.15, -0.1) is 0 Å². The van der Waals surface area contributed by atoms with Crippen molar-refractivity contribution in [1.82, 2.24) is 0 Å². The van der Waals surface area contributed by atoms with Crippen LogP contribution in [0.4, 0.5) is 0 Å². The van der Waals surface area contributed by atoms with E-state index in [4.69, 9.17) is 18.9 Å². The number of aliphatic hydroxyl groups excluding tert-OH is 3. The van der Waals surface area contributed by atoms with Gasteiger partial charge in [0, 0.05) is 13.0 Å². The minimum Gasteiger partial charge on any atom is -0.457 e. The van der Waals surface area contributed by atoms with E-state index in [0.717, 1.165) is 77.0 Å². The van der Waals surface area contributed by atoms with E-state index < -0.39 is 59.8 Å². The molecule has 0 radical (unpaired) electrons. The summed E-state index contributed by atoms with van der Waals surface area (Å²) in [5.41, 5.74) is 0. The molecule has 0 saturated carbocycles. The Kier molecular flexibility index (Phi) is 40.4. The zero-order valence-corrected chi connectivity index (χ0v) is 41.5. The van der Waals surface area contributed by atoms with Crippen LogP contribution in [0, 0.1) is 0 Å². The van der Waals surface area contributed by atoms with Crippen LogP contribution in [0.3, 0.4) is 0 Å². The van der Waals surface area contributed by atoms with Gasteiger partial charge in [-0.25, -0.2) is 4.18 Å². The fourth-order valence-corrected chi connectivity index (χ4v) is 7.72. The molecular formula is C53H90O12S. The highest BCUT2D eigenvalue weighted by molar-refractivity contribution is 7.80. The Morgan fingerprint density at radius 2 is 1.05 bits per heavy atom. The minimum atomic E-state index is -5.08. The molecule has 0 bridgehead atoms. The Labute approximate surface area is 400 Å². The predicted molar refractivity (Wildman–Crippen MR) is 266 cm³/mol. The molecule has 0 amide bonds. The van der Waals surface area contributed by atoms with Crippen LogP contribution < -0.4 is 0 Å². The first-order valence-electron chi connectivity index (χ1n) is 25.3. The molecular weight excluding hydrogens is 861 g/mol. The average molecular weight is 951 g/mol. The third-order valence-corrected chi connectivity index (χ3v) is 11.5. The van der Waals surface area contributed by atoms with Crippen LogP contribution in [0.15, 0.2) is 85.1 Å². The number of hydrogen-bond acceptors (Lipinski definition) is 11. The monoisotopic (exact) mass is 951 g/mol. The fourth-order valence-electron chi connectivity index (χ4n) is 7.21. The molecule has 0 spiro atoms. The number of esters is 1. The van der Waals surface area contributed by atoms with Gasteiger partial charge in [0.2, 0.25) is 0 Å². The van der Waals surface area contributed by atoms with Gasteiger partial charge in [-0.3, -0.25) is 9.35 Å². The third kappa shape index (κ3) is 36.3. The molecule has 1 heterocycles. The number of ether oxygens (including phenoxy) is 4. The van der Waals surface area contributed by atoms with Crippen LogP contribution in [0.5, 0.6) is 0 Å². The second-order valence-electron chi connectivity index (χ2n) is 17.0. The number of rotatable bonds is 43. The smallest absolute Gasteiger partial charge is 0.397 e. The van der Waals surface area contributed by atoms with Gasteiger partial charge >= 0.3 is 16.4 Å². The molecule has 1 aliphatic heterocycles. The number of allylic oxidation sites excluding steroid dienone is 14. The van der Waals surface area contributed by atoms with Gasteiger partial charge in [-0.1, -0.05) is 176 Å². The Morgan fingerprint density at radius 3 is 1.53 bits per heavy atom. The maximum Gasteiger partial charge on any atom is 0.397 e. The molecule has 66 heavy (non-hydrogen) atoms. The van der Waals surface area contributed by atoms with Crippen LogP contribution in [-0.2, 0) is 38.3 Å². The second-order valence-corrected chi connectivity index (χ2v) is 18.1.